The van der Waals surface area contributed by atoms with Crippen LogP contribution >= 0.6 is 11.6 Å². The number of carbonyl (C=O) groups excluding carboxylic acids is 1. The van der Waals surface area contributed by atoms with Gasteiger partial charge in [0, 0.05) is 12.3 Å². The Kier molecular flexibility index (Phi) is 7.29. The highest BCUT2D eigenvalue weighted by molar-refractivity contribution is 6.31. The Morgan fingerprint density at radius 2 is 2.03 bits per heavy atom. The van der Waals surface area contributed by atoms with Crippen LogP contribution in [-0.2, 0) is 15.7 Å². The van der Waals surface area contributed by atoms with E-state index in [0.717, 1.165) is 0 Å². The molecule has 1 heterocycles. The molecule has 0 fully saturated rings. The van der Waals surface area contributed by atoms with Gasteiger partial charge in [0.1, 0.15) is 22.6 Å². The van der Waals surface area contributed by atoms with Crippen LogP contribution in [0.4, 0.5) is 13.2 Å². The number of hydrogen-bond donors (Lipinski definition) is 0. The lowest BCUT2D eigenvalue weighted by molar-refractivity contribution is -0.151. The van der Waals surface area contributed by atoms with E-state index in [1.165, 1.54) is 18.2 Å². The molecule has 154 valence electrons. The number of pyridine rings is 1. The third-order valence-corrected chi connectivity index (χ3v) is 3.88. The molecule has 2 aromatic rings. The molecule has 0 spiro atoms. The topological polar surface area (TPSA) is 81.4 Å². The molecule has 0 amide bonds. The van der Waals surface area contributed by atoms with E-state index in [4.69, 9.17) is 25.8 Å². The maximum absolute atomic E-state index is 12.7. The second kappa shape index (κ2) is 9.47. The number of halogens is 4. The van der Waals surface area contributed by atoms with Crippen molar-refractivity contribution in [1.29, 1.82) is 5.26 Å². The number of ether oxygens (including phenoxy) is 3. The van der Waals surface area contributed by atoms with Gasteiger partial charge in [-0.15, -0.1) is 0 Å². The van der Waals surface area contributed by atoms with Crippen LogP contribution in [0.1, 0.15) is 31.4 Å². The van der Waals surface area contributed by atoms with E-state index in [9.17, 15) is 23.2 Å². The Balaban J connectivity index is 2.29. The quantitative estimate of drug-likeness (QED) is 0.568. The smallest absolute Gasteiger partial charge is 0.417 e. The molecule has 10 heteroatoms. The number of carbonyl (C=O) groups is 1. The monoisotopic (exact) mass is 428 g/mol. The third kappa shape index (κ3) is 5.74. The molecular formula is C19H16ClF3N2O4. The average molecular weight is 429 g/mol. The molecule has 0 bridgehead atoms. The van der Waals surface area contributed by atoms with Crippen LogP contribution in [0, 0.1) is 11.3 Å². The summed E-state index contributed by atoms with van der Waals surface area (Å²) in [5.74, 6) is -0.690. The molecule has 2 rings (SSSR count). The van der Waals surface area contributed by atoms with E-state index in [1.54, 1.807) is 13.8 Å². The number of hydrogen-bond acceptors (Lipinski definition) is 6. The zero-order valence-corrected chi connectivity index (χ0v) is 16.2. The number of alkyl halides is 3. The largest absolute Gasteiger partial charge is 0.477 e. The molecule has 0 saturated heterocycles. The molecule has 1 aromatic carbocycles. The van der Waals surface area contributed by atoms with Crippen molar-refractivity contribution < 1.29 is 32.2 Å². The first-order valence-corrected chi connectivity index (χ1v) is 8.85. The van der Waals surface area contributed by atoms with Crippen molar-refractivity contribution in [1.82, 2.24) is 4.98 Å². The van der Waals surface area contributed by atoms with Crippen LogP contribution in [0.3, 0.4) is 0 Å². The van der Waals surface area contributed by atoms with Gasteiger partial charge in [0.15, 0.2) is 6.10 Å². The number of benzene rings is 1. The average Bonchev–Trinajstić information content (AvgIpc) is 2.67. The minimum absolute atomic E-state index is 0.0490. The van der Waals surface area contributed by atoms with Gasteiger partial charge in [-0.1, -0.05) is 18.5 Å². The summed E-state index contributed by atoms with van der Waals surface area (Å²) in [5, 5.41) is 8.91. The summed E-state index contributed by atoms with van der Waals surface area (Å²) in [7, 11) is 0. The predicted molar refractivity (Wildman–Crippen MR) is 96.8 cm³/mol. The maximum atomic E-state index is 12.7. The van der Waals surface area contributed by atoms with Crippen molar-refractivity contribution in [2.45, 2.75) is 32.5 Å². The molecule has 1 unspecified atom stereocenters. The zero-order chi connectivity index (χ0) is 21.6. The second-order valence-electron chi connectivity index (χ2n) is 5.65. The Morgan fingerprint density at radius 3 is 2.59 bits per heavy atom. The first kappa shape index (κ1) is 22.3. The van der Waals surface area contributed by atoms with Crippen molar-refractivity contribution in [3.05, 3.63) is 46.6 Å². The molecule has 6 nitrogen and oxygen atoms in total. The molecule has 0 N–H and O–H groups in total. The lowest BCUT2D eigenvalue weighted by Gasteiger charge is -2.17. The van der Waals surface area contributed by atoms with E-state index >= 15 is 0 Å². The van der Waals surface area contributed by atoms with E-state index < -0.39 is 23.8 Å². The van der Waals surface area contributed by atoms with Crippen molar-refractivity contribution >= 4 is 17.6 Å². The summed E-state index contributed by atoms with van der Waals surface area (Å²) < 4.78 is 54.1. The zero-order valence-electron chi connectivity index (χ0n) is 15.4. The number of aromatic nitrogens is 1. The first-order valence-electron chi connectivity index (χ1n) is 8.47. The number of nitriles is 1. The molecule has 0 aliphatic rings. The molecule has 0 radical (unpaired) electrons. The van der Waals surface area contributed by atoms with Crippen LogP contribution in [0.2, 0.25) is 5.02 Å². The fraction of sp³-hybridized carbons (Fsp3) is 0.316. The van der Waals surface area contributed by atoms with Gasteiger partial charge >= 0.3 is 12.1 Å². The van der Waals surface area contributed by atoms with Gasteiger partial charge in [-0.3, -0.25) is 0 Å². The van der Waals surface area contributed by atoms with Gasteiger partial charge in [0.25, 0.3) is 0 Å². The molecule has 0 aliphatic carbocycles. The minimum Gasteiger partial charge on any atom is -0.477 e. The van der Waals surface area contributed by atoms with E-state index in [-0.39, 0.29) is 34.6 Å². The second-order valence-corrected chi connectivity index (χ2v) is 6.05. The van der Waals surface area contributed by atoms with Crippen molar-refractivity contribution in [3.63, 3.8) is 0 Å². The van der Waals surface area contributed by atoms with Crippen LogP contribution < -0.4 is 9.47 Å². The van der Waals surface area contributed by atoms with Crippen LogP contribution in [0.15, 0.2) is 30.5 Å². The van der Waals surface area contributed by atoms with Gasteiger partial charge in [0.2, 0.25) is 5.88 Å². The van der Waals surface area contributed by atoms with E-state index in [2.05, 4.69) is 4.98 Å². The standard InChI is InChI=1S/C19H16ClF3N2O4/c1-3-15(18(26)27-4-2)29-16-8-13(6-5-11(16)9-24)28-17-14(20)7-12(10-25-17)19(21,22)23/h5-8,10,15H,3-4H2,1-2H3. The number of rotatable bonds is 7. The normalized spacial score (nSPS) is 12.0. The van der Waals surface area contributed by atoms with Gasteiger partial charge in [0.05, 0.1) is 17.7 Å². The van der Waals surface area contributed by atoms with Crippen molar-refractivity contribution in [3.8, 4) is 23.4 Å². The maximum Gasteiger partial charge on any atom is 0.417 e. The van der Waals surface area contributed by atoms with E-state index in [1.807, 2.05) is 6.07 Å². The Bertz CT molecular complexity index is 929. The Labute approximate surface area is 169 Å². The van der Waals surface area contributed by atoms with Gasteiger partial charge in [-0.25, -0.2) is 9.78 Å². The fourth-order valence-corrected chi connectivity index (χ4v) is 2.41. The summed E-state index contributed by atoms with van der Waals surface area (Å²) in [4.78, 5) is 15.5. The summed E-state index contributed by atoms with van der Waals surface area (Å²) in [6, 6.07) is 6.70. The fourth-order valence-electron chi connectivity index (χ4n) is 2.21. The van der Waals surface area contributed by atoms with Crippen LogP contribution in [-0.4, -0.2) is 23.7 Å². The Morgan fingerprint density at radius 1 is 1.31 bits per heavy atom. The molecule has 29 heavy (non-hydrogen) atoms. The van der Waals surface area contributed by atoms with Crippen LogP contribution in [0.5, 0.6) is 17.4 Å². The number of esters is 1. The summed E-state index contributed by atoms with van der Waals surface area (Å²) in [6.07, 6.45) is -4.64. The van der Waals surface area contributed by atoms with Crippen LogP contribution in [0.25, 0.3) is 0 Å². The number of nitrogens with zero attached hydrogens (tertiary/aromatic N) is 2. The lowest BCUT2D eigenvalue weighted by Crippen LogP contribution is -2.29. The summed E-state index contributed by atoms with van der Waals surface area (Å²) >= 11 is 5.83. The van der Waals surface area contributed by atoms with Crippen molar-refractivity contribution in [2.75, 3.05) is 6.61 Å². The first-order chi connectivity index (χ1) is 13.7. The SMILES string of the molecule is CCOC(=O)C(CC)Oc1cc(Oc2ncc(C(F)(F)F)cc2Cl)ccc1C#N. The summed E-state index contributed by atoms with van der Waals surface area (Å²) in [5.41, 5.74) is -0.884. The molecule has 1 atom stereocenters. The molecule has 1 aromatic heterocycles. The molecule has 0 saturated carbocycles. The van der Waals surface area contributed by atoms with Gasteiger partial charge in [-0.2, -0.15) is 18.4 Å². The highest BCUT2D eigenvalue weighted by Crippen LogP contribution is 2.35. The van der Waals surface area contributed by atoms with Gasteiger partial charge < -0.3 is 14.2 Å². The molecule has 0 aliphatic heterocycles. The minimum atomic E-state index is -4.59. The molecular weight excluding hydrogens is 413 g/mol. The highest BCUT2D eigenvalue weighted by atomic mass is 35.5. The predicted octanol–water partition coefficient (Wildman–Crippen LogP) is 5.14. The lowest BCUT2D eigenvalue weighted by atomic mass is 10.2. The highest BCUT2D eigenvalue weighted by Gasteiger charge is 2.32. The van der Waals surface area contributed by atoms with Crippen molar-refractivity contribution in [2.24, 2.45) is 0 Å². The summed E-state index contributed by atoms with van der Waals surface area (Å²) in [6.45, 7) is 3.53. The van der Waals surface area contributed by atoms with Gasteiger partial charge in [-0.05, 0) is 31.5 Å². The van der Waals surface area contributed by atoms with E-state index in [0.29, 0.717) is 18.7 Å². The third-order valence-electron chi connectivity index (χ3n) is 3.61. The Hall–Kier alpha value is -2.99.